The van der Waals surface area contributed by atoms with Gasteiger partial charge >= 0.3 is 0 Å². The normalized spacial score (nSPS) is 53.1. The molecule has 82 valence electrons. The Bertz CT molecular complexity index is 201. The Hall–Kier alpha value is 0.920. The molecular formula is C11H18Br2O. The number of aliphatic hydroxyl groups is 1. The van der Waals surface area contributed by atoms with Gasteiger partial charge in [-0.1, -0.05) is 38.8 Å². The number of halogens is 2. The lowest BCUT2D eigenvalue weighted by molar-refractivity contribution is 0.200. The highest BCUT2D eigenvalue weighted by atomic mass is 79.9. The van der Waals surface area contributed by atoms with Crippen molar-refractivity contribution in [1.29, 1.82) is 0 Å². The second-order valence-corrected chi connectivity index (χ2v) is 7.42. The van der Waals surface area contributed by atoms with E-state index in [4.69, 9.17) is 0 Å². The van der Waals surface area contributed by atoms with E-state index in [0.29, 0.717) is 16.3 Å². The van der Waals surface area contributed by atoms with E-state index in [0.717, 1.165) is 11.8 Å². The van der Waals surface area contributed by atoms with Crippen LogP contribution in [0.25, 0.3) is 0 Å². The van der Waals surface area contributed by atoms with Gasteiger partial charge in [-0.05, 0) is 42.9 Å². The molecule has 1 N–H and O–H groups in total. The summed E-state index contributed by atoms with van der Waals surface area (Å²) in [6.07, 6.45) is 5.04. The van der Waals surface area contributed by atoms with Crippen molar-refractivity contribution in [2.45, 2.75) is 42.3 Å². The summed E-state index contributed by atoms with van der Waals surface area (Å²) >= 11 is 7.47. The fraction of sp³-hybridized carbons (Fsp3) is 1.00. The van der Waals surface area contributed by atoms with Crippen LogP contribution in [0.4, 0.5) is 0 Å². The Balaban J connectivity index is 1.99. The van der Waals surface area contributed by atoms with Gasteiger partial charge in [0.05, 0.1) is 0 Å². The van der Waals surface area contributed by atoms with Gasteiger partial charge in [0.2, 0.25) is 0 Å². The highest BCUT2D eigenvalue weighted by Crippen LogP contribution is 2.63. The Kier molecular flexibility index (Phi) is 3.31. The maximum Gasteiger partial charge on any atom is 0.0490 e. The van der Waals surface area contributed by atoms with Crippen LogP contribution in [0.3, 0.4) is 0 Å². The average molecular weight is 326 g/mol. The Morgan fingerprint density at radius 3 is 1.86 bits per heavy atom. The van der Waals surface area contributed by atoms with Crippen LogP contribution in [0.2, 0.25) is 0 Å². The monoisotopic (exact) mass is 324 g/mol. The predicted octanol–water partition coefficient (Wildman–Crippen LogP) is 3.33. The summed E-state index contributed by atoms with van der Waals surface area (Å²) in [5.74, 6) is 1.57. The van der Waals surface area contributed by atoms with E-state index in [-0.39, 0.29) is 5.41 Å². The zero-order valence-electron chi connectivity index (χ0n) is 8.55. The van der Waals surface area contributed by atoms with Gasteiger partial charge in [-0.25, -0.2) is 0 Å². The van der Waals surface area contributed by atoms with Crippen molar-refractivity contribution in [2.75, 3.05) is 6.61 Å². The number of hydrogen-bond donors (Lipinski definition) is 1. The van der Waals surface area contributed by atoms with Gasteiger partial charge in [-0.15, -0.1) is 0 Å². The van der Waals surface area contributed by atoms with Crippen molar-refractivity contribution in [2.24, 2.45) is 17.3 Å². The lowest BCUT2D eigenvalue weighted by atomic mass is 10.0. The fourth-order valence-corrected chi connectivity index (χ4v) is 4.16. The summed E-state index contributed by atoms with van der Waals surface area (Å²) in [5.41, 5.74) is 0.254. The third kappa shape index (κ3) is 1.80. The number of rotatable bonds is 1. The third-order valence-corrected chi connectivity index (χ3v) is 7.21. The van der Waals surface area contributed by atoms with Gasteiger partial charge in [0.1, 0.15) is 0 Å². The van der Waals surface area contributed by atoms with Crippen molar-refractivity contribution in [3.63, 3.8) is 0 Å². The maximum atomic E-state index is 9.39. The summed E-state index contributed by atoms with van der Waals surface area (Å²) < 4.78 is 0. The largest absolute Gasteiger partial charge is 0.396 e. The smallest absolute Gasteiger partial charge is 0.0490 e. The Morgan fingerprint density at radius 1 is 1.07 bits per heavy atom. The molecule has 2 fully saturated rings. The van der Waals surface area contributed by atoms with Crippen LogP contribution in [0.5, 0.6) is 0 Å². The minimum atomic E-state index is 0.254. The predicted molar refractivity (Wildman–Crippen MR) is 66.1 cm³/mol. The number of alkyl halides is 2. The third-order valence-electron chi connectivity index (χ3n) is 4.31. The Labute approximate surface area is 103 Å². The molecule has 2 saturated carbocycles. The van der Waals surface area contributed by atoms with Crippen molar-refractivity contribution in [3.8, 4) is 0 Å². The van der Waals surface area contributed by atoms with Crippen LogP contribution in [0, 0.1) is 17.3 Å². The molecule has 0 amide bonds. The number of aliphatic hydroxyl groups excluding tert-OH is 1. The van der Waals surface area contributed by atoms with Crippen LogP contribution in [-0.2, 0) is 0 Å². The highest BCUT2D eigenvalue weighted by molar-refractivity contribution is 9.12. The molecule has 0 aromatic rings. The van der Waals surface area contributed by atoms with Crippen molar-refractivity contribution in [1.82, 2.24) is 0 Å². The molecule has 2 aliphatic carbocycles. The van der Waals surface area contributed by atoms with Gasteiger partial charge in [0.25, 0.3) is 0 Å². The molecular weight excluding hydrogens is 308 g/mol. The summed E-state index contributed by atoms with van der Waals surface area (Å²) in [6, 6.07) is 0. The van der Waals surface area contributed by atoms with Crippen LogP contribution < -0.4 is 0 Å². The second-order valence-electron chi connectivity index (χ2n) is 5.06. The topological polar surface area (TPSA) is 20.2 Å². The van der Waals surface area contributed by atoms with Crippen molar-refractivity contribution >= 4 is 31.9 Å². The standard InChI is InChI=1S/C11H18Br2O/c1-11(6-14)7-2-4-9(12)10(13)5-3-8(7)11/h7-10,14H,2-6H2,1H3/t7-,8+,9-,10-,11+/m0/s1. The minimum Gasteiger partial charge on any atom is -0.396 e. The summed E-state index contributed by atoms with van der Waals surface area (Å²) in [6.45, 7) is 2.63. The zero-order valence-corrected chi connectivity index (χ0v) is 11.7. The fourth-order valence-electron chi connectivity index (χ4n) is 3.10. The molecule has 5 atom stereocenters. The lowest BCUT2D eigenvalue weighted by Crippen LogP contribution is -2.16. The van der Waals surface area contributed by atoms with Gasteiger partial charge in [-0.2, -0.15) is 0 Å². The van der Waals surface area contributed by atoms with Crippen molar-refractivity contribution < 1.29 is 5.11 Å². The molecule has 2 aliphatic rings. The molecule has 0 saturated heterocycles. The zero-order chi connectivity index (χ0) is 10.3. The first-order valence-corrected chi connectivity index (χ1v) is 7.31. The van der Waals surface area contributed by atoms with Crippen LogP contribution in [0.15, 0.2) is 0 Å². The molecule has 0 bridgehead atoms. The molecule has 14 heavy (non-hydrogen) atoms. The molecule has 0 aliphatic heterocycles. The first-order chi connectivity index (χ1) is 6.59. The van der Waals surface area contributed by atoms with Gasteiger partial charge in [0, 0.05) is 16.3 Å². The van der Waals surface area contributed by atoms with E-state index in [1.165, 1.54) is 25.7 Å². The molecule has 0 unspecified atom stereocenters. The molecule has 2 rings (SSSR count). The maximum absolute atomic E-state index is 9.39. The SMILES string of the molecule is C[C@]1(CO)[C@@H]2CC[C@H](Br)[C@@H](Br)CC[C@@H]21. The molecule has 0 spiro atoms. The Morgan fingerprint density at radius 2 is 1.50 bits per heavy atom. The molecule has 0 heterocycles. The van der Waals surface area contributed by atoms with Crippen LogP contribution in [-0.4, -0.2) is 21.4 Å². The van der Waals surface area contributed by atoms with Crippen LogP contribution >= 0.6 is 31.9 Å². The van der Waals surface area contributed by atoms with Gasteiger partial charge in [0.15, 0.2) is 0 Å². The number of hydrogen-bond acceptors (Lipinski definition) is 1. The van der Waals surface area contributed by atoms with Gasteiger partial charge in [-0.3, -0.25) is 0 Å². The molecule has 0 aromatic heterocycles. The summed E-state index contributed by atoms with van der Waals surface area (Å²) in [4.78, 5) is 1.24. The van der Waals surface area contributed by atoms with Crippen molar-refractivity contribution in [3.05, 3.63) is 0 Å². The first-order valence-electron chi connectivity index (χ1n) is 5.48. The molecule has 1 nitrogen and oxygen atoms in total. The average Bonchev–Trinajstić information content (AvgIpc) is 2.74. The highest BCUT2D eigenvalue weighted by Gasteiger charge is 2.59. The summed E-state index contributed by atoms with van der Waals surface area (Å²) in [5, 5.41) is 9.39. The van der Waals surface area contributed by atoms with E-state index < -0.39 is 0 Å². The van der Waals surface area contributed by atoms with Crippen LogP contribution in [0.1, 0.15) is 32.6 Å². The molecule has 0 radical (unpaired) electrons. The van der Waals surface area contributed by atoms with E-state index in [9.17, 15) is 5.11 Å². The van der Waals surface area contributed by atoms with Gasteiger partial charge < -0.3 is 5.11 Å². The van der Waals surface area contributed by atoms with E-state index in [1.807, 2.05) is 0 Å². The number of fused-ring (bicyclic) bond motifs is 1. The first kappa shape index (κ1) is 11.4. The molecule has 0 aromatic carbocycles. The molecule has 3 heteroatoms. The second kappa shape index (κ2) is 4.06. The summed E-state index contributed by atoms with van der Waals surface area (Å²) in [7, 11) is 0. The lowest BCUT2D eigenvalue weighted by Gasteiger charge is -2.18. The van der Waals surface area contributed by atoms with E-state index in [2.05, 4.69) is 38.8 Å². The van der Waals surface area contributed by atoms with E-state index in [1.54, 1.807) is 0 Å². The van der Waals surface area contributed by atoms with E-state index >= 15 is 0 Å². The quantitative estimate of drug-likeness (QED) is 0.733. The minimum absolute atomic E-state index is 0.254.